The fourth-order valence-corrected chi connectivity index (χ4v) is 8.93. The maximum absolute atomic E-state index is 2.44. The standard InChI is InChI=1S/C58H40N2/c1-4-18-42(19-5-1)51-27-12-13-28-52(51)47-23-16-26-49(38-47)60-56-30-15-14-29-53(56)54-35-34-50(40-58(54)60)59(48-24-8-3-9-25-48)57-36-33-46(39-55(57)43-20-6-2-7-21-43)45-32-31-41-17-10-11-22-44(41)37-45/h1-40H. The van der Waals surface area contributed by atoms with Gasteiger partial charge in [-0.1, -0.05) is 182 Å². The number of para-hydroxylation sites is 2. The molecule has 0 bridgehead atoms. The van der Waals surface area contributed by atoms with Crippen molar-refractivity contribution in [2.45, 2.75) is 0 Å². The van der Waals surface area contributed by atoms with Crippen LogP contribution in [-0.4, -0.2) is 4.57 Å². The lowest BCUT2D eigenvalue weighted by atomic mass is 9.94. The van der Waals surface area contributed by atoms with Crippen LogP contribution in [0.1, 0.15) is 0 Å². The Bertz CT molecular complexity index is 3310. The largest absolute Gasteiger partial charge is 0.310 e. The monoisotopic (exact) mass is 764 g/mol. The third-order valence-corrected chi connectivity index (χ3v) is 11.8. The van der Waals surface area contributed by atoms with Gasteiger partial charge in [0.15, 0.2) is 0 Å². The quantitative estimate of drug-likeness (QED) is 0.150. The molecule has 1 heterocycles. The van der Waals surface area contributed by atoms with Crippen molar-refractivity contribution in [2.75, 3.05) is 4.90 Å². The first-order chi connectivity index (χ1) is 29.8. The zero-order valence-electron chi connectivity index (χ0n) is 33.0. The molecule has 60 heavy (non-hydrogen) atoms. The molecule has 282 valence electrons. The highest BCUT2D eigenvalue weighted by atomic mass is 15.1. The second-order valence-electron chi connectivity index (χ2n) is 15.3. The van der Waals surface area contributed by atoms with E-state index in [1.165, 1.54) is 66.0 Å². The van der Waals surface area contributed by atoms with Crippen LogP contribution in [-0.2, 0) is 0 Å². The second-order valence-corrected chi connectivity index (χ2v) is 15.3. The number of benzene rings is 10. The average Bonchev–Trinajstić information content (AvgIpc) is 3.66. The van der Waals surface area contributed by atoms with Gasteiger partial charge >= 0.3 is 0 Å². The number of rotatable bonds is 8. The van der Waals surface area contributed by atoms with E-state index in [1.54, 1.807) is 0 Å². The molecule has 0 saturated heterocycles. The van der Waals surface area contributed by atoms with Gasteiger partial charge in [0.2, 0.25) is 0 Å². The van der Waals surface area contributed by atoms with Crippen LogP contribution in [0.5, 0.6) is 0 Å². The maximum Gasteiger partial charge on any atom is 0.0561 e. The number of hydrogen-bond acceptors (Lipinski definition) is 1. The Kier molecular flexibility index (Phi) is 8.87. The summed E-state index contributed by atoms with van der Waals surface area (Å²) >= 11 is 0. The molecule has 2 heteroatoms. The lowest BCUT2D eigenvalue weighted by molar-refractivity contribution is 1.18. The van der Waals surface area contributed by atoms with Crippen LogP contribution in [0.3, 0.4) is 0 Å². The molecule has 0 saturated carbocycles. The van der Waals surface area contributed by atoms with Crippen molar-refractivity contribution in [1.29, 1.82) is 0 Å². The average molecular weight is 765 g/mol. The molecule has 0 aliphatic rings. The third-order valence-electron chi connectivity index (χ3n) is 11.8. The fraction of sp³-hybridized carbons (Fsp3) is 0. The molecule has 0 amide bonds. The molecule has 0 radical (unpaired) electrons. The maximum atomic E-state index is 2.44. The summed E-state index contributed by atoms with van der Waals surface area (Å²) in [5, 5.41) is 4.92. The minimum absolute atomic E-state index is 1.08. The van der Waals surface area contributed by atoms with E-state index >= 15 is 0 Å². The highest BCUT2D eigenvalue weighted by molar-refractivity contribution is 6.10. The van der Waals surface area contributed by atoms with Crippen LogP contribution in [0.15, 0.2) is 243 Å². The van der Waals surface area contributed by atoms with Gasteiger partial charge in [0.1, 0.15) is 0 Å². The van der Waals surface area contributed by atoms with E-state index in [4.69, 9.17) is 0 Å². The molecule has 0 unspecified atom stereocenters. The van der Waals surface area contributed by atoms with Crippen LogP contribution in [0.2, 0.25) is 0 Å². The van der Waals surface area contributed by atoms with Crippen LogP contribution in [0.4, 0.5) is 17.1 Å². The van der Waals surface area contributed by atoms with E-state index in [0.29, 0.717) is 0 Å². The number of hydrogen-bond donors (Lipinski definition) is 0. The van der Waals surface area contributed by atoms with Gasteiger partial charge in [-0.2, -0.15) is 0 Å². The van der Waals surface area contributed by atoms with Gasteiger partial charge in [0.25, 0.3) is 0 Å². The van der Waals surface area contributed by atoms with Crippen molar-refractivity contribution in [3.05, 3.63) is 243 Å². The molecule has 0 atom stereocenters. The Morgan fingerprint density at radius 3 is 1.65 bits per heavy atom. The van der Waals surface area contributed by atoms with E-state index in [-0.39, 0.29) is 0 Å². The van der Waals surface area contributed by atoms with Crippen LogP contribution >= 0.6 is 0 Å². The predicted octanol–water partition coefficient (Wildman–Crippen LogP) is 16.1. The molecule has 11 rings (SSSR count). The topological polar surface area (TPSA) is 8.17 Å². The first-order valence-corrected chi connectivity index (χ1v) is 20.6. The summed E-state index contributed by atoms with van der Waals surface area (Å²) in [7, 11) is 0. The minimum Gasteiger partial charge on any atom is -0.310 e. The molecule has 0 spiro atoms. The number of aromatic nitrogens is 1. The van der Waals surface area contributed by atoms with Crippen molar-refractivity contribution < 1.29 is 0 Å². The molecule has 0 N–H and O–H groups in total. The number of fused-ring (bicyclic) bond motifs is 4. The molecule has 1 aromatic heterocycles. The summed E-state index contributed by atoms with van der Waals surface area (Å²) in [6, 6.07) is 88.0. The molecule has 0 aliphatic heterocycles. The van der Waals surface area contributed by atoms with Crippen molar-refractivity contribution in [1.82, 2.24) is 4.57 Å². The highest BCUT2D eigenvalue weighted by Gasteiger charge is 2.21. The van der Waals surface area contributed by atoms with Gasteiger partial charge < -0.3 is 9.47 Å². The number of anilines is 3. The number of nitrogens with zero attached hydrogens (tertiary/aromatic N) is 2. The van der Waals surface area contributed by atoms with Crippen molar-refractivity contribution >= 4 is 49.6 Å². The molecule has 2 nitrogen and oxygen atoms in total. The molecule has 11 aromatic rings. The first-order valence-electron chi connectivity index (χ1n) is 20.6. The SMILES string of the molecule is c1ccc(-c2ccccc2-c2cccc(-n3c4ccccc4c4ccc(N(c5ccccc5)c5ccc(-c6ccc7ccccc7c6)cc5-c5ccccc5)cc43)c2)cc1. The van der Waals surface area contributed by atoms with Gasteiger partial charge in [-0.05, 0) is 110 Å². The van der Waals surface area contributed by atoms with E-state index in [9.17, 15) is 0 Å². The molecular formula is C58H40N2. The molecule has 0 fully saturated rings. The molecule has 10 aromatic carbocycles. The summed E-state index contributed by atoms with van der Waals surface area (Å²) in [5.41, 5.74) is 16.3. The normalized spacial score (nSPS) is 11.3. The zero-order chi connectivity index (χ0) is 39.8. The van der Waals surface area contributed by atoms with Crippen LogP contribution < -0.4 is 4.90 Å². The van der Waals surface area contributed by atoms with Gasteiger partial charge in [0.05, 0.1) is 16.7 Å². The Labute approximate surface area is 350 Å². The van der Waals surface area contributed by atoms with E-state index in [2.05, 4.69) is 252 Å². The zero-order valence-corrected chi connectivity index (χ0v) is 33.0. The smallest absolute Gasteiger partial charge is 0.0561 e. The Hall–Kier alpha value is -7.94. The lowest BCUT2D eigenvalue weighted by Crippen LogP contribution is -2.11. The van der Waals surface area contributed by atoms with Crippen molar-refractivity contribution in [3.63, 3.8) is 0 Å². The van der Waals surface area contributed by atoms with Crippen LogP contribution in [0, 0.1) is 0 Å². The predicted molar refractivity (Wildman–Crippen MR) is 255 cm³/mol. The summed E-state index contributed by atoms with van der Waals surface area (Å²) in [6.07, 6.45) is 0. The van der Waals surface area contributed by atoms with Crippen molar-refractivity contribution in [2.24, 2.45) is 0 Å². The molecule has 0 aliphatic carbocycles. The van der Waals surface area contributed by atoms with E-state index in [1.807, 2.05) is 0 Å². The Morgan fingerprint density at radius 1 is 0.283 bits per heavy atom. The van der Waals surface area contributed by atoms with Gasteiger partial charge in [-0.15, -0.1) is 0 Å². The summed E-state index contributed by atoms with van der Waals surface area (Å²) in [6.45, 7) is 0. The summed E-state index contributed by atoms with van der Waals surface area (Å²) in [4.78, 5) is 2.42. The Morgan fingerprint density at radius 2 is 0.867 bits per heavy atom. The van der Waals surface area contributed by atoms with Crippen molar-refractivity contribution in [3.8, 4) is 50.2 Å². The third kappa shape index (κ3) is 6.32. The Balaban J connectivity index is 1.11. The van der Waals surface area contributed by atoms with Crippen LogP contribution in [0.25, 0.3) is 82.8 Å². The fourth-order valence-electron chi connectivity index (χ4n) is 8.93. The highest BCUT2D eigenvalue weighted by Crippen LogP contribution is 2.45. The summed E-state index contributed by atoms with van der Waals surface area (Å²) < 4.78 is 2.44. The van der Waals surface area contributed by atoms with Gasteiger partial charge in [-0.25, -0.2) is 0 Å². The van der Waals surface area contributed by atoms with E-state index < -0.39 is 0 Å². The molecular weight excluding hydrogens is 725 g/mol. The van der Waals surface area contributed by atoms with Gasteiger partial charge in [0, 0.05) is 33.4 Å². The minimum atomic E-state index is 1.08. The van der Waals surface area contributed by atoms with E-state index in [0.717, 1.165) is 33.8 Å². The first kappa shape index (κ1) is 35.2. The van der Waals surface area contributed by atoms with Gasteiger partial charge in [-0.3, -0.25) is 0 Å². The lowest BCUT2D eigenvalue weighted by Gasteiger charge is -2.28. The summed E-state index contributed by atoms with van der Waals surface area (Å²) in [5.74, 6) is 0. The second kappa shape index (κ2) is 15.1.